The van der Waals surface area contributed by atoms with E-state index in [1.807, 2.05) is 0 Å². The molecule has 0 radical (unpaired) electrons. The molecule has 2 aromatic carbocycles. The largest absolute Gasteiger partial charge is 0.392 e. The van der Waals surface area contributed by atoms with Gasteiger partial charge in [0.05, 0.1) is 25.2 Å². The molecule has 0 saturated carbocycles. The zero-order chi connectivity index (χ0) is 24.8. The topological polar surface area (TPSA) is 138 Å². The second-order valence-electron chi connectivity index (χ2n) is 5.60. The Hall–Kier alpha value is -3.52. The molecule has 0 unspecified atom stereocenters. The normalized spacial score (nSPS) is 10.6. The van der Waals surface area contributed by atoms with Gasteiger partial charge >= 0.3 is 5.84 Å². The number of nitrogens with two attached hydrogens (primary N) is 1. The summed E-state index contributed by atoms with van der Waals surface area (Å²) in [6.45, 7) is 6.73. The molecule has 0 fully saturated rings. The van der Waals surface area contributed by atoms with E-state index in [0.717, 1.165) is 5.56 Å². The summed E-state index contributed by atoms with van der Waals surface area (Å²) in [6, 6.07) is 12.9. The Morgan fingerprint density at radius 2 is 1.39 bits per heavy atom. The molecule has 13 heteroatoms. The van der Waals surface area contributed by atoms with Crippen molar-refractivity contribution in [2.45, 2.75) is 13.2 Å². The highest BCUT2D eigenvalue weighted by atomic mass is 35.5. The Balaban J connectivity index is 0.000000331. The Morgan fingerprint density at radius 3 is 1.76 bits per heavy atom. The second-order valence-corrected chi connectivity index (χ2v) is 7.23. The predicted molar refractivity (Wildman–Crippen MR) is 124 cm³/mol. The van der Waals surface area contributed by atoms with Gasteiger partial charge in [0.2, 0.25) is 5.71 Å². The van der Waals surface area contributed by atoms with Gasteiger partial charge in [0.15, 0.2) is 6.61 Å². The standard InChI is InChI=1S/C10H7Cl2N3O2.C10H5Cl2N3O/c11-7-2-1-6(3-8(7)12)5-17-15-9(4-13)10(14)16;1-14-10(5-13)15-16-6-7-2-3-8(11)9(12)4-7/h1-3H,5H2,(H2,14,16);2-4H,6H2/b;15-10-. The first-order valence-corrected chi connectivity index (χ1v) is 9.98. The van der Waals surface area contributed by atoms with Crippen LogP contribution >= 0.6 is 46.4 Å². The maximum absolute atomic E-state index is 10.6. The van der Waals surface area contributed by atoms with E-state index < -0.39 is 11.6 Å². The third-order valence-corrected chi connectivity index (χ3v) is 4.76. The van der Waals surface area contributed by atoms with Crippen molar-refractivity contribution in [3.8, 4) is 12.1 Å². The third kappa shape index (κ3) is 10.1. The molecule has 0 aliphatic heterocycles. The number of nitriles is 2. The Kier molecular flexibility index (Phi) is 12.1. The second kappa shape index (κ2) is 14.5. The SMILES string of the molecule is N#CC(=NOCc1ccc(Cl)c(Cl)c1)C(N)=O.[C-]#[N+]/C(C#N)=N\OCc1ccc(Cl)c(Cl)c1. The van der Waals surface area contributed by atoms with Crippen LogP contribution in [0.25, 0.3) is 4.85 Å². The van der Waals surface area contributed by atoms with Gasteiger partial charge in [0, 0.05) is 0 Å². The number of carbonyl (C=O) groups excluding carboxylic acids is 1. The van der Waals surface area contributed by atoms with E-state index in [4.69, 9.17) is 78.9 Å². The molecular formula is C20H12Cl4N6O3. The molecule has 0 spiro atoms. The van der Waals surface area contributed by atoms with Crippen LogP contribution < -0.4 is 5.73 Å². The minimum absolute atomic E-state index is 0.0509. The summed E-state index contributed by atoms with van der Waals surface area (Å²) in [5.74, 6) is -1.29. The fraction of sp³-hybridized carbons (Fsp3) is 0.100. The summed E-state index contributed by atoms with van der Waals surface area (Å²) >= 11 is 23.0. The fourth-order valence-electron chi connectivity index (χ4n) is 1.78. The predicted octanol–water partition coefficient (Wildman–Crippen LogP) is 5.14. The molecule has 2 N–H and O–H groups in total. The molecule has 33 heavy (non-hydrogen) atoms. The summed E-state index contributed by atoms with van der Waals surface area (Å²) < 4.78 is 0. The molecule has 168 valence electrons. The van der Waals surface area contributed by atoms with Crippen LogP contribution in [0.3, 0.4) is 0 Å². The minimum Gasteiger partial charge on any atom is -0.390 e. The van der Waals surface area contributed by atoms with Crippen molar-refractivity contribution in [3.05, 3.63) is 79.0 Å². The minimum atomic E-state index is -0.943. The number of oxime groups is 2. The van der Waals surface area contributed by atoms with Crippen molar-refractivity contribution in [2.75, 3.05) is 0 Å². The van der Waals surface area contributed by atoms with Crippen molar-refractivity contribution in [1.82, 2.24) is 0 Å². The van der Waals surface area contributed by atoms with Gasteiger partial charge in [-0.2, -0.15) is 5.26 Å². The average molecular weight is 526 g/mol. The Labute approximate surface area is 208 Å². The first kappa shape index (κ1) is 27.5. The molecule has 1 amide bonds. The van der Waals surface area contributed by atoms with Gasteiger partial charge in [-0.3, -0.25) is 4.79 Å². The lowest BCUT2D eigenvalue weighted by Crippen LogP contribution is -2.21. The summed E-state index contributed by atoms with van der Waals surface area (Å²) in [7, 11) is 0. The van der Waals surface area contributed by atoms with Crippen LogP contribution in [0.15, 0.2) is 46.7 Å². The van der Waals surface area contributed by atoms with Gasteiger partial charge in [0.1, 0.15) is 18.7 Å². The number of amidine groups is 1. The maximum Gasteiger partial charge on any atom is 0.392 e. The number of rotatable bonds is 7. The highest BCUT2D eigenvalue weighted by Gasteiger charge is 2.06. The lowest BCUT2D eigenvalue weighted by molar-refractivity contribution is -0.112. The van der Waals surface area contributed by atoms with E-state index >= 15 is 0 Å². The fourth-order valence-corrected chi connectivity index (χ4v) is 2.43. The molecule has 0 atom stereocenters. The van der Waals surface area contributed by atoms with Crippen molar-refractivity contribution in [1.29, 1.82) is 10.5 Å². The highest BCUT2D eigenvalue weighted by molar-refractivity contribution is 6.44. The van der Waals surface area contributed by atoms with Crippen molar-refractivity contribution >= 4 is 63.9 Å². The van der Waals surface area contributed by atoms with E-state index in [-0.39, 0.29) is 19.0 Å². The molecule has 2 rings (SSSR count). The van der Waals surface area contributed by atoms with Gasteiger partial charge in [-0.05, 0) is 35.4 Å². The first-order valence-electron chi connectivity index (χ1n) is 8.47. The number of carbonyl (C=O) groups is 1. The van der Waals surface area contributed by atoms with Crippen molar-refractivity contribution in [2.24, 2.45) is 16.0 Å². The van der Waals surface area contributed by atoms with Gasteiger partial charge in [-0.25, -0.2) is 5.26 Å². The lowest BCUT2D eigenvalue weighted by atomic mass is 10.2. The van der Waals surface area contributed by atoms with Crippen molar-refractivity contribution < 1.29 is 14.5 Å². The molecule has 0 aliphatic rings. The molecule has 0 heterocycles. The third-order valence-electron chi connectivity index (χ3n) is 3.28. The Bertz CT molecular complexity index is 1180. The average Bonchev–Trinajstić information content (AvgIpc) is 2.79. The molecule has 0 saturated heterocycles. The maximum atomic E-state index is 10.6. The number of primary amides is 1. The van der Waals surface area contributed by atoms with Crippen LogP contribution in [0.1, 0.15) is 11.1 Å². The molecule has 0 bridgehead atoms. The van der Waals surface area contributed by atoms with Crippen LogP contribution in [0, 0.1) is 29.2 Å². The van der Waals surface area contributed by atoms with Gasteiger partial charge in [-0.1, -0.05) is 70.3 Å². The summed E-state index contributed by atoms with van der Waals surface area (Å²) in [6.07, 6.45) is 0. The van der Waals surface area contributed by atoms with E-state index in [1.165, 1.54) is 6.07 Å². The summed E-state index contributed by atoms with van der Waals surface area (Å²) in [5, 5.41) is 25.2. The number of halogens is 4. The van der Waals surface area contributed by atoms with Crippen LogP contribution in [0.5, 0.6) is 0 Å². The number of benzene rings is 2. The van der Waals surface area contributed by atoms with Crippen LogP contribution in [-0.2, 0) is 27.7 Å². The zero-order valence-electron chi connectivity index (χ0n) is 16.4. The number of hydrogen-bond acceptors (Lipinski definition) is 7. The molecule has 0 aromatic heterocycles. The van der Waals surface area contributed by atoms with Crippen molar-refractivity contribution in [3.63, 3.8) is 0 Å². The van der Waals surface area contributed by atoms with E-state index in [9.17, 15) is 4.79 Å². The molecular weight excluding hydrogens is 514 g/mol. The van der Waals surface area contributed by atoms with Crippen LogP contribution in [-0.4, -0.2) is 17.5 Å². The lowest BCUT2D eigenvalue weighted by Gasteiger charge is -2.01. The van der Waals surface area contributed by atoms with E-state index in [0.29, 0.717) is 25.7 Å². The van der Waals surface area contributed by atoms with Gasteiger partial charge in [-0.15, -0.1) is 0 Å². The Morgan fingerprint density at radius 1 is 0.909 bits per heavy atom. The molecule has 0 aliphatic carbocycles. The zero-order valence-corrected chi connectivity index (χ0v) is 19.5. The molecule has 2 aromatic rings. The van der Waals surface area contributed by atoms with Gasteiger partial charge < -0.3 is 20.3 Å². The monoisotopic (exact) mass is 524 g/mol. The van der Waals surface area contributed by atoms with E-state index in [1.54, 1.807) is 42.5 Å². The van der Waals surface area contributed by atoms with E-state index in [2.05, 4.69) is 15.2 Å². The number of nitrogens with zero attached hydrogens (tertiary/aromatic N) is 5. The smallest absolute Gasteiger partial charge is 0.390 e. The summed E-state index contributed by atoms with van der Waals surface area (Å²) in [5.41, 5.74) is 5.81. The quantitative estimate of drug-likeness (QED) is 0.231. The summed E-state index contributed by atoms with van der Waals surface area (Å²) in [4.78, 5) is 23.1. The number of amides is 1. The number of hydrogen-bond donors (Lipinski definition) is 1. The van der Waals surface area contributed by atoms with Crippen LogP contribution in [0.2, 0.25) is 20.1 Å². The molecule has 9 nitrogen and oxygen atoms in total. The van der Waals surface area contributed by atoms with Crippen LogP contribution in [0.4, 0.5) is 0 Å². The highest BCUT2D eigenvalue weighted by Crippen LogP contribution is 2.23. The van der Waals surface area contributed by atoms with Gasteiger partial charge in [0.25, 0.3) is 5.91 Å². The first-order chi connectivity index (χ1) is 15.7.